The zero-order valence-electron chi connectivity index (χ0n) is 11.7. The molecule has 0 fully saturated rings. The molecule has 0 spiro atoms. The van der Waals surface area contributed by atoms with Crippen molar-refractivity contribution in [1.82, 2.24) is 4.98 Å². The van der Waals surface area contributed by atoms with E-state index < -0.39 is 0 Å². The number of fused-ring (bicyclic) bond motifs is 2. The predicted molar refractivity (Wildman–Crippen MR) is 84.9 cm³/mol. The highest BCUT2D eigenvalue weighted by Gasteiger charge is 2.16. The van der Waals surface area contributed by atoms with Gasteiger partial charge in [-0.15, -0.1) is 0 Å². The van der Waals surface area contributed by atoms with Gasteiger partial charge in [-0.2, -0.15) is 0 Å². The van der Waals surface area contributed by atoms with Crippen LogP contribution in [0.1, 0.15) is 21.5 Å². The highest BCUT2D eigenvalue weighted by molar-refractivity contribution is 5.98. The molecule has 0 aliphatic carbocycles. The third-order valence-electron chi connectivity index (χ3n) is 4.32. The first-order chi connectivity index (χ1) is 10.3. The molecule has 1 N–H and O–H groups in total. The Kier molecular flexibility index (Phi) is 2.78. The van der Waals surface area contributed by atoms with Crippen LogP contribution in [0, 0.1) is 0 Å². The summed E-state index contributed by atoms with van der Waals surface area (Å²) in [6.07, 6.45) is 3.75. The van der Waals surface area contributed by atoms with Crippen LogP contribution in [0.5, 0.6) is 0 Å². The highest BCUT2D eigenvalue weighted by Crippen LogP contribution is 2.28. The van der Waals surface area contributed by atoms with E-state index >= 15 is 0 Å². The molecule has 0 bridgehead atoms. The van der Waals surface area contributed by atoms with Crippen molar-refractivity contribution in [2.45, 2.75) is 13.0 Å². The maximum absolute atomic E-state index is 11.1. The van der Waals surface area contributed by atoms with Crippen LogP contribution in [0.4, 0.5) is 5.69 Å². The molecule has 3 aromatic rings. The monoisotopic (exact) mass is 276 g/mol. The number of carbonyl (C=O) groups excluding carboxylic acids is 1. The Balaban J connectivity index is 1.72. The van der Waals surface area contributed by atoms with Crippen molar-refractivity contribution in [3.05, 3.63) is 65.4 Å². The van der Waals surface area contributed by atoms with Gasteiger partial charge in [0.15, 0.2) is 6.29 Å². The van der Waals surface area contributed by atoms with E-state index in [9.17, 15) is 4.79 Å². The second kappa shape index (κ2) is 4.77. The van der Waals surface area contributed by atoms with Gasteiger partial charge in [-0.05, 0) is 35.7 Å². The summed E-state index contributed by atoms with van der Waals surface area (Å²) in [5.41, 5.74) is 5.76. The number of aromatic amines is 1. The van der Waals surface area contributed by atoms with Crippen molar-refractivity contribution in [3.8, 4) is 0 Å². The maximum Gasteiger partial charge on any atom is 0.152 e. The van der Waals surface area contributed by atoms with Crippen molar-refractivity contribution in [3.63, 3.8) is 0 Å². The smallest absolute Gasteiger partial charge is 0.152 e. The van der Waals surface area contributed by atoms with Gasteiger partial charge in [0.2, 0.25) is 0 Å². The average Bonchev–Trinajstić information content (AvgIpc) is 2.96. The number of H-pyrrole nitrogens is 1. The fourth-order valence-corrected chi connectivity index (χ4v) is 3.14. The van der Waals surface area contributed by atoms with Crippen LogP contribution in [-0.2, 0) is 13.0 Å². The molecule has 1 aliphatic heterocycles. The van der Waals surface area contributed by atoms with Crippen LogP contribution in [0.2, 0.25) is 0 Å². The Morgan fingerprint density at radius 1 is 1.10 bits per heavy atom. The van der Waals surface area contributed by atoms with E-state index in [0.717, 1.165) is 42.3 Å². The Bertz CT molecular complexity index is 819. The van der Waals surface area contributed by atoms with E-state index in [1.807, 2.05) is 0 Å². The summed E-state index contributed by atoms with van der Waals surface area (Å²) < 4.78 is 0. The lowest BCUT2D eigenvalue weighted by Crippen LogP contribution is -2.30. The number of aromatic nitrogens is 1. The van der Waals surface area contributed by atoms with Gasteiger partial charge in [0, 0.05) is 41.4 Å². The molecule has 0 amide bonds. The van der Waals surface area contributed by atoms with E-state index in [4.69, 9.17) is 0 Å². The molecule has 2 heterocycles. The molecular formula is C18H16N2O. The van der Waals surface area contributed by atoms with Gasteiger partial charge in [0.25, 0.3) is 0 Å². The number of hydrogen-bond donors (Lipinski definition) is 1. The van der Waals surface area contributed by atoms with Crippen LogP contribution in [0.15, 0.2) is 48.7 Å². The minimum absolute atomic E-state index is 0.726. The molecule has 4 rings (SSSR count). The number of anilines is 1. The summed E-state index contributed by atoms with van der Waals surface area (Å²) in [4.78, 5) is 16.6. The molecule has 0 radical (unpaired) electrons. The van der Waals surface area contributed by atoms with Gasteiger partial charge in [-0.1, -0.05) is 24.3 Å². The van der Waals surface area contributed by atoms with Gasteiger partial charge in [0.1, 0.15) is 0 Å². The van der Waals surface area contributed by atoms with Crippen molar-refractivity contribution < 1.29 is 4.79 Å². The van der Waals surface area contributed by atoms with Crippen LogP contribution in [-0.4, -0.2) is 17.8 Å². The maximum atomic E-state index is 11.1. The predicted octanol–water partition coefficient (Wildman–Crippen LogP) is 3.54. The Morgan fingerprint density at radius 2 is 1.95 bits per heavy atom. The number of carbonyl (C=O) groups is 1. The molecule has 2 aromatic carbocycles. The lowest BCUT2D eigenvalue weighted by molar-refractivity contribution is 0.112. The van der Waals surface area contributed by atoms with E-state index in [-0.39, 0.29) is 0 Å². The molecule has 0 unspecified atom stereocenters. The molecule has 0 saturated carbocycles. The molecule has 3 nitrogen and oxygen atoms in total. The number of benzene rings is 2. The first-order valence-corrected chi connectivity index (χ1v) is 7.23. The first-order valence-electron chi connectivity index (χ1n) is 7.23. The normalized spacial score (nSPS) is 14.2. The lowest BCUT2D eigenvalue weighted by Gasteiger charge is -2.30. The largest absolute Gasteiger partial charge is 0.367 e. The number of aldehydes is 1. The number of nitrogens with zero attached hydrogens (tertiary/aromatic N) is 1. The Hall–Kier alpha value is -2.55. The van der Waals surface area contributed by atoms with Crippen molar-refractivity contribution >= 4 is 22.9 Å². The van der Waals surface area contributed by atoms with Gasteiger partial charge < -0.3 is 9.88 Å². The lowest BCUT2D eigenvalue weighted by atomic mass is 9.99. The van der Waals surface area contributed by atoms with Gasteiger partial charge in [0.05, 0.1) is 0 Å². The zero-order chi connectivity index (χ0) is 14.2. The fourth-order valence-electron chi connectivity index (χ4n) is 3.14. The molecule has 0 atom stereocenters. The SMILES string of the molecule is O=Cc1c[nH]c2ccc(N3CCc4ccccc4C3)cc12. The number of rotatable bonds is 2. The third-order valence-corrected chi connectivity index (χ3v) is 4.32. The van der Waals surface area contributed by atoms with Gasteiger partial charge in [-0.25, -0.2) is 0 Å². The summed E-state index contributed by atoms with van der Waals surface area (Å²) in [5, 5.41) is 1.00. The minimum Gasteiger partial charge on any atom is -0.367 e. The molecule has 1 aliphatic rings. The quantitative estimate of drug-likeness (QED) is 0.727. The summed E-state index contributed by atoms with van der Waals surface area (Å²) in [5.74, 6) is 0. The summed E-state index contributed by atoms with van der Waals surface area (Å²) in [6.45, 7) is 1.95. The molecule has 1 aromatic heterocycles. The van der Waals surface area contributed by atoms with Gasteiger partial charge >= 0.3 is 0 Å². The van der Waals surface area contributed by atoms with Crippen molar-refractivity contribution in [1.29, 1.82) is 0 Å². The summed E-state index contributed by atoms with van der Waals surface area (Å²) >= 11 is 0. The van der Waals surface area contributed by atoms with E-state index in [2.05, 4.69) is 52.3 Å². The van der Waals surface area contributed by atoms with E-state index in [1.165, 1.54) is 16.8 Å². The second-order valence-electron chi connectivity index (χ2n) is 5.53. The van der Waals surface area contributed by atoms with Crippen LogP contribution >= 0.6 is 0 Å². The highest BCUT2D eigenvalue weighted by atomic mass is 16.1. The van der Waals surface area contributed by atoms with E-state index in [0.29, 0.717) is 0 Å². The Morgan fingerprint density at radius 3 is 2.81 bits per heavy atom. The summed E-state index contributed by atoms with van der Waals surface area (Å²) in [7, 11) is 0. The van der Waals surface area contributed by atoms with Crippen LogP contribution in [0.25, 0.3) is 10.9 Å². The Labute approximate surface area is 123 Å². The minimum atomic E-state index is 0.726. The summed E-state index contributed by atoms with van der Waals surface area (Å²) in [6, 6.07) is 14.9. The first kappa shape index (κ1) is 12.2. The van der Waals surface area contributed by atoms with Crippen LogP contribution < -0.4 is 4.90 Å². The fraction of sp³-hybridized carbons (Fsp3) is 0.167. The molecule has 21 heavy (non-hydrogen) atoms. The molecule has 3 heteroatoms. The zero-order valence-corrected chi connectivity index (χ0v) is 11.7. The van der Waals surface area contributed by atoms with Crippen molar-refractivity contribution in [2.75, 3.05) is 11.4 Å². The van der Waals surface area contributed by atoms with Gasteiger partial charge in [-0.3, -0.25) is 4.79 Å². The molecular weight excluding hydrogens is 260 g/mol. The third kappa shape index (κ3) is 2.02. The van der Waals surface area contributed by atoms with E-state index in [1.54, 1.807) is 6.20 Å². The molecule has 104 valence electrons. The van der Waals surface area contributed by atoms with Crippen molar-refractivity contribution in [2.24, 2.45) is 0 Å². The molecule has 0 saturated heterocycles. The number of nitrogens with one attached hydrogen (secondary N) is 1. The number of hydrogen-bond acceptors (Lipinski definition) is 2. The topological polar surface area (TPSA) is 36.1 Å². The average molecular weight is 276 g/mol. The second-order valence-corrected chi connectivity index (χ2v) is 5.53. The standard InChI is InChI=1S/C18H16N2O/c21-12-15-10-19-18-6-5-16(9-17(15)18)20-8-7-13-3-1-2-4-14(13)11-20/h1-6,9-10,12,19H,7-8,11H2. The van der Waals surface area contributed by atoms with Crippen LogP contribution in [0.3, 0.4) is 0 Å².